The van der Waals surface area contributed by atoms with Crippen molar-refractivity contribution in [2.75, 3.05) is 0 Å². The van der Waals surface area contributed by atoms with Crippen molar-refractivity contribution in [1.82, 2.24) is 0 Å². The zero-order valence-corrected chi connectivity index (χ0v) is 11.3. The standard InChI is InChI=1S/C18H20/c1-12(2)10-17-14-6-4-5-7-15(14)18-11-13(3)8-9-16(17)18/h4-8,16H,1,9-11H2,2-3H3/t16-/m0/s1. The van der Waals surface area contributed by atoms with Gasteiger partial charge in [-0.05, 0) is 43.5 Å². The van der Waals surface area contributed by atoms with E-state index >= 15 is 0 Å². The lowest BCUT2D eigenvalue weighted by Crippen LogP contribution is -2.23. The van der Waals surface area contributed by atoms with Crippen molar-refractivity contribution in [1.29, 1.82) is 0 Å². The number of benzene rings is 1. The summed E-state index contributed by atoms with van der Waals surface area (Å²) in [5, 5.41) is 2.97. The Balaban J connectivity index is 2.23. The first-order valence-electron chi connectivity index (χ1n) is 6.78. The number of fused-ring (bicyclic) bond motifs is 2. The molecule has 0 aromatic heterocycles. The Kier molecular flexibility index (Phi) is 2.74. The summed E-state index contributed by atoms with van der Waals surface area (Å²) < 4.78 is 0. The first-order chi connectivity index (χ1) is 8.66. The van der Waals surface area contributed by atoms with Gasteiger partial charge in [0.25, 0.3) is 0 Å². The zero-order chi connectivity index (χ0) is 12.7. The number of rotatable bonds is 2. The highest BCUT2D eigenvalue weighted by molar-refractivity contribution is 5.74. The smallest absolute Gasteiger partial charge is 0.00664 e. The van der Waals surface area contributed by atoms with Gasteiger partial charge in [0.1, 0.15) is 0 Å². The Morgan fingerprint density at radius 3 is 2.72 bits per heavy atom. The molecule has 1 aromatic rings. The van der Waals surface area contributed by atoms with Crippen molar-refractivity contribution in [3.8, 4) is 0 Å². The summed E-state index contributed by atoms with van der Waals surface area (Å²) in [6.45, 7) is 8.49. The normalized spacial score (nSPS) is 21.4. The Morgan fingerprint density at radius 1 is 1.28 bits per heavy atom. The van der Waals surface area contributed by atoms with Crippen molar-refractivity contribution >= 4 is 11.1 Å². The summed E-state index contributed by atoms with van der Waals surface area (Å²) in [6.07, 6.45) is 5.80. The summed E-state index contributed by atoms with van der Waals surface area (Å²) in [6, 6.07) is 8.91. The molecule has 18 heavy (non-hydrogen) atoms. The van der Waals surface area contributed by atoms with E-state index in [4.69, 9.17) is 0 Å². The van der Waals surface area contributed by atoms with Gasteiger partial charge in [0.05, 0.1) is 0 Å². The maximum atomic E-state index is 4.10. The molecule has 0 aliphatic heterocycles. The minimum Gasteiger partial charge on any atom is -0.0998 e. The van der Waals surface area contributed by atoms with Crippen molar-refractivity contribution in [2.45, 2.75) is 33.1 Å². The van der Waals surface area contributed by atoms with Crippen LogP contribution in [0.15, 0.2) is 48.1 Å². The van der Waals surface area contributed by atoms with E-state index in [-0.39, 0.29) is 0 Å². The Morgan fingerprint density at radius 2 is 2.00 bits per heavy atom. The third kappa shape index (κ3) is 1.77. The van der Waals surface area contributed by atoms with Crippen LogP contribution in [0.4, 0.5) is 0 Å². The summed E-state index contributed by atoms with van der Waals surface area (Å²) in [5.74, 6) is 0.641. The van der Waals surface area contributed by atoms with Crippen LogP contribution >= 0.6 is 0 Å². The lowest BCUT2D eigenvalue weighted by atomic mass is 9.81. The van der Waals surface area contributed by atoms with Crippen LogP contribution in [0.5, 0.6) is 0 Å². The van der Waals surface area contributed by atoms with Crippen LogP contribution in [-0.2, 0) is 0 Å². The van der Waals surface area contributed by atoms with Gasteiger partial charge >= 0.3 is 0 Å². The van der Waals surface area contributed by atoms with E-state index in [1.807, 2.05) is 0 Å². The highest BCUT2D eigenvalue weighted by atomic mass is 14.3. The van der Waals surface area contributed by atoms with Crippen LogP contribution in [0.3, 0.4) is 0 Å². The second-order valence-corrected chi connectivity index (χ2v) is 5.75. The van der Waals surface area contributed by atoms with Gasteiger partial charge in [0, 0.05) is 5.92 Å². The molecule has 0 spiro atoms. The van der Waals surface area contributed by atoms with E-state index in [0.717, 1.165) is 12.8 Å². The highest BCUT2D eigenvalue weighted by Crippen LogP contribution is 2.38. The summed E-state index contributed by atoms with van der Waals surface area (Å²) >= 11 is 0. The fraction of sp³-hybridized carbons (Fsp3) is 0.333. The largest absolute Gasteiger partial charge is 0.0998 e. The van der Waals surface area contributed by atoms with Crippen molar-refractivity contribution in [3.05, 3.63) is 58.5 Å². The van der Waals surface area contributed by atoms with Crippen LogP contribution in [0, 0.1) is 5.92 Å². The highest BCUT2D eigenvalue weighted by Gasteiger charge is 2.27. The molecule has 0 N–H and O–H groups in total. The molecule has 0 amide bonds. The Hall–Kier alpha value is -1.56. The van der Waals surface area contributed by atoms with Gasteiger partial charge in [-0.3, -0.25) is 0 Å². The monoisotopic (exact) mass is 236 g/mol. The summed E-state index contributed by atoms with van der Waals surface area (Å²) in [7, 11) is 0. The molecule has 0 saturated heterocycles. The minimum atomic E-state index is 0.641. The topological polar surface area (TPSA) is 0 Å². The molecule has 1 aromatic carbocycles. The number of hydrogen-bond donors (Lipinski definition) is 0. The molecule has 0 unspecified atom stereocenters. The third-order valence-corrected chi connectivity index (χ3v) is 4.12. The molecular formula is C18H20. The zero-order valence-electron chi connectivity index (χ0n) is 11.3. The van der Waals surface area contributed by atoms with E-state index in [1.165, 1.54) is 28.0 Å². The molecule has 1 atom stereocenters. The van der Waals surface area contributed by atoms with E-state index in [0.29, 0.717) is 5.92 Å². The molecule has 0 saturated carbocycles. The van der Waals surface area contributed by atoms with Gasteiger partial charge in [-0.1, -0.05) is 59.2 Å². The van der Waals surface area contributed by atoms with Gasteiger partial charge in [-0.25, -0.2) is 0 Å². The molecular weight excluding hydrogens is 216 g/mol. The van der Waals surface area contributed by atoms with Crippen molar-refractivity contribution < 1.29 is 0 Å². The minimum absolute atomic E-state index is 0.641. The molecule has 0 fully saturated rings. The summed E-state index contributed by atoms with van der Waals surface area (Å²) in [5.41, 5.74) is 6.03. The van der Waals surface area contributed by atoms with Crippen LogP contribution in [0.25, 0.3) is 11.1 Å². The van der Waals surface area contributed by atoms with Crippen LogP contribution in [0.2, 0.25) is 0 Å². The average Bonchev–Trinajstić information content (AvgIpc) is 2.64. The van der Waals surface area contributed by atoms with Gasteiger partial charge in [-0.2, -0.15) is 0 Å². The molecule has 0 heterocycles. The first kappa shape index (κ1) is 11.5. The fourth-order valence-electron chi connectivity index (χ4n) is 3.37. The van der Waals surface area contributed by atoms with Gasteiger partial charge < -0.3 is 0 Å². The fourth-order valence-corrected chi connectivity index (χ4v) is 3.37. The summed E-state index contributed by atoms with van der Waals surface area (Å²) in [4.78, 5) is 0. The Labute approximate surface area is 109 Å². The molecule has 0 nitrogen and oxygen atoms in total. The maximum Gasteiger partial charge on any atom is 0.00664 e. The molecule has 2 aliphatic carbocycles. The lowest BCUT2D eigenvalue weighted by molar-refractivity contribution is 0.792. The van der Waals surface area contributed by atoms with E-state index in [9.17, 15) is 0 Å². The first-order valence-corrected chi connectivity index (χ1v) is 6.78. The van der Waals surface area contributed by atoms with Crippen molar-refractivity contribution in [2.24, 2.45) is 5.92 Å². The number of hydrogen-bond acceptors (Lipinski definition) is 0. The van der Waals surface area contributed by atoms with Crippen molar-refractivity contribution in [3.63, 3.8) is 0 Å². The van der Waals surface area contributed by atoms with Gasteiger partial charge in [0.15, 0.2) is 0 Å². The van der Waals surface area contributed by atoms with E-state index in [1.54, 1.807) is 11.1 Å². The van der Waals surface area contributed by atoms with Crippen LogP contribution in [0.1, 0.15) is 33.1 Å². The third-order valence-electron chi connectivity index (χ3n) is 4.12. The number of allylic oxidation sites excluding steroid dienone is 3. The lowest BCUT2D eigenvalue weighted by Gasteiger charge is -2.23. The quantitative estimate of drug-likeness (QED) is 0.691. The van der Waals surface area contributed by atoms with Crippen LogP contribution < -0.4 is 10.4 Å². The molecule has 2 aliphatic rings. The molecule has 0 heteroatoms. The second kappa shape index (κ2) is 4.28. The Bertz CT molecular complexity index is 656. The predicted molar refractivity (Wildman–Crippen MR) is 78.4 cm³/mol. The SMILES string of the molecule is C=C(C)CC1=c2ccccc2=C2CC(C)=CC[C@@H]12. The van der Waals surface area contributed by atoms with E-state index < -0.39 is 0 Å². The maximum absolute atomic E-state index is 4.10. The van der Waals surface area contributed by atoms with E-state index in [2.05, 4.69) is 50.8 Å². The van der Waals surface area contributed by atoms with Gasteiger partial charge in [-0.15, -0.1) is 0 Å². The molecule has 92 valence electrons. The average molecular weight is 236 g/mol. The van der Waals surface area contributed by atoms with Crippen LogP contribution in [-0.4, -0.2) is 0 Å². The molecule has 0 radical (unpaired) electrons. The van der Waals surface area contributed by atoms with Gasteiger partial charge in [0.2, 0.25) is 0 Å². The molecule has 3 rings (SSSR count). The molecule has 0 bridgehead atoms. The second-order valence-electron chi connectivity index (χ2n) is 5.75. The predicted octanol–water partition coefficient (Wildman–Crippen LogP) is 3.32.